The van der Waals surface area contributed by atoms with Gasteiger partial charge in [0.25, 0.3) is 10.1 Å². The summed E-state index contributed by atoms with van der Waals surface area (Å²) in [5.41, 5.74) is 10.5. The number of benzene rings is 2. The van der Waals surface area contributed by atoms with E-state index in [0.29, 0.717) is 18.5 Å². The van der Waals surface area contributed by atoms with Crippen LogP contribution in [0.2, 0.25) is 0 Å². The third-order valence-corrected chi connectivity index (χ3v) is 6.76. The Hall–Kier alpha value is -1.96. The van der Waals surface area contributed by atoms with Crippen LogP contribution in [-0.4, -0.2) is 30.7 Å². The lowest BCUT2D eigenvalue weighted by atomic mass is 9.64. The van der Waals surface area contributed by atoms with Crippen molar-refractivity contribution >= 4 is 26.8 Å². The van der Waals surface area contributed by atoms with Gasteiger partial charge >= 0.3 is 0 Å². The van der Waals surface area contributed by atoms with Crippen molar-refractivity contribution in [2.75, 3.05) is 6.54 Å². The van der Waals surface area contributed by atoms with E-state index in [1.54, 1.807) is 12.1 Å². The Kier molecular flexibility index (Phi) is 4.57. The lowest BCUT2D eigenvalue weighted by Gasteiger charge is -2.43. The molecule has 0 radical (unpaired) electrons. The Balaban J connectivity index is 2.30. The number of hydrogen-bond acceptors (Lipinski definition) is 4. The van der Waals surface area contributed by atoms with Crippen molar-refractivity contribution < 1.29 is 17.8 Å². The van der Waals surface area contributed by atoms with Gasteiger partial charge in [0.05, 0.1) is 5.41 Å². The molecule has 0 bridgehead atoms. The van der Waals surface area contributed by atoms with Crippen molar-refractivity contribution in [1.29, 1.82) is 0 Å². The van der Waals surface area contributed by atoms with Crippen LogP contribution in [0.1, 0.15) is 24.8 Å². The molecule has 1 aliphatic rings. The predicted molar refractivity (Wildman–Crippen MR) is 96.6 cm³/mol. The van der Waals surface area contributed by atoms with E-state index in [1.165, 1.54) is 0 Å². The van der Waals surface area contributed by atoms with Crippen molar-refractivity contribution in [3.63, 3.8) is 0 Å². The van der Waals surface area contributed by atoms with Crippen molar-refractivity contribution in [2.24, 2.45) is 17.4 Å². The highest BCUT2D eigenvalue weighted by Crippen LogP contribution is 2.46. The highest BCUT2D eigenvalue weighted by Gasteiger charge is 2.55. The Morgan fingerprint density at radius 1 is 1.20 bits per heavy atom. The van der Waals surface area contributed by atoms with E-state index in [1.807, 2.05) is 30.3 Å². The van der Waals surface area contributed by atoms with E-state index in [0.717, 1.165) is 10.8 Å². The van der Waals surface area contributed by atoms with Crippen LogP contribution in [0.3, 0.4) is 0 Å². The minimum atomic E-state index is -4.49. The van der Waals surface area contributed by atoms with Gasteiger partial charge in [-0.05, 0) is 48.1 Å². The molecule has 134 valence electrons. The molecule has 1 amide bonds. The van der Waals surface area contributed by atoms with Gasteiger partial charge in [-0.3, -0.25) is 9.35 Å². The molecular formula is C18H22N2O4S. The van der Waals surface area contributed by atoms with Crippen LogP contribution in [0.15, 0.2) is 42.5 Å². The number of nitrogens with two attached hydrogens (primary N) is 2. The molecule has 3 atom stereocenters. The minimum absolute atomic E-state index is 0.0747. The molecule has 3 rings (SSSR count). The SMILES string of the molecule is NCC1CCC(C(N)=O)(c2cccc3ccccc23)C(S(=O)(=O)O)C1. The smallest absolute Gasteiger partial charge is 0.269 e. The summed E-state index contributed by atoms with van der Waals surface area (Å²) in [6.07, 6.45) is 0.929. The van der Waals surface area contributed by atoms with Crippen LogP contribution in [-0.2, 0) is 20.3 Å². The van der Waals surface area contributed by atoms with Gasteiger partial charge < -0.3 is 11.5 Å². The summed E-state index contributed by atoms with van der Waals surface area (Å²) in [7, 11) is -4.49. The number of rotatable bonds is 4. The Bertz CT molecular complexity index is 907. The van der Waals surface area contributed by atoms with Crippen LogP contribution in [0, 0.1) is 5.92 Å². The van der Waals surface area contributed by atoms with Crippen molar-refractivity contribution in [3.05, 3.63) is 48.0 Å². The van der Waals surface area contributed by atoms with Crippen LogP contribution >= 0.6 is 0 Å². The average molecular weight is 362 g/mol. The zero-order chi connectivity index (χ0) is 18.2. The molecule has 1 saturated carbocycles. The number of amides is 1. The molecule has 1 aliphatic carbocycles. The zero-order valence-electron chi connectivity index (χ0n) is 13.8. The van der Waals surface area contributed by atoms with E-state index in [-0.39, 0.29) is 18.8 Å². The normalized spacial score (nSPS) is 27.3. The number of hydrogen-bond donors (Lipinski definition) is 3. The summed E-state index contributed by atoms with van der Waals surface area (Å²) >= 11 is 0. The van der Waals surface area contributed by atoms with E-state index >= 15 is 0 Å². The van der Waals surface area contributed by atoms with Gasteiger partial charge in [-0.1, -0.05) is 42.5 Å². The number of carbonyl (C=O) groups excluding carboxylic acids is 1. The molecule has 6 nitrogen and oxygen atoms in total. The molecule has 0 heterocycles. The van der Waals surface area contributed by atoms with E-state index < -0.39 is 26.7 Å². The maximum absolute atomic E-state index is 12.6. The highest BCUT2D eigenvalue weighted by molar-refractivity contribution is 7.86. The van der Waals surface area contributed by atoms with Crippen molar-refractivity contribution in [3.8, 4) is 0 Å². The second-order valence-electron chi connectivity index (χ2n) is 6.74. The summed E-state index contributed by atoms with van der Waals surface area (Å²) in [5.74, 6) is -0.809. The summed E-state index contributed by atoms with van der Waals surface area (Å²) in [6.45, 7) is 0.302. The van der Waals surface area contributed by atoms with Gasteiger partial charge in [-0.15, -0.1) is 0 Å². The highest BCUT2D eigenvalue weighted by atomic mass is 32.2. The summed E-state index contributed by atoms with van der Waals surface area (Å²) in [5, 5.41) is 0.352. The van der Waals surface area contributed by atoms with Crippen molar-refractivity contribution in [1.82, 2.24) is 0 Å². The summed E-state index contributed by atoms with van der Waals surface area (Å²) in [6, 6.07) is 12.8. The first kappa shape index (κ1) is 17.8. The first-order chi connectivity index (χ1) is 11.8. The second kappa shape index (κ2) is 6.40. The third-order valence-electron chi connectivity index (χ3n) is 5.45. The molecule has 2 aromatic rings. The molecule has 1 fully saturated rings. The first-order valence-corrected chi connectivity index (χ1v) is 9.75. The van der Waals surface area contributed by atoms with Gasteiger partial charge in [-0.2, -0.15) is 8.42 Å². The van der Waals surface area contributed by atoms with Gasteiger partial charge in [-0.25, -0.2) is 0 Å². The van der Waals surface area contributed by atoms with Crippen LogP contribution in [0.25, 0.3) is 10.8 Å². The topological polar surface area (TPSA) is 123 Å². The van der Waals surface area contributed by atoms with Crippen LogP contribution in [0.4, 0.5) is 0 Å². The molecular weight excluding hydrogens is 340 g/mol. The zero-order valence-corrected chi connectivity index (χ0v) is 14.6. The quantitative estimate of drug-likeness (QED) is 0.712. The second-order valence-corrected chi connectivity index (χ2v) is 8.34. The monoisotopic (exact) mass is 362 g/mol. The molecule has 7 heteroatoms. The molecule has 0 aromatic heterocycles. The number of primary amides is 1. The van der Waals surface area contributed by atoms with Crippen LogP contribution in [0.5, 0.6) is 0 Å². The molecule has 5 N–H and O–H groups in total. The molecule has 0 saturated heterocycles. The van der Waals surface area contributed by atoms with E-state index in [2.05, 4.69) is 0 Å². The minimum Gasteiger partial charge on any atom is -0.369 e. The molecule has 3 unspecified atom stereocenters. The summed E-state index contributed by atoms with van der Waals surface area (Å²) < 4.78 is 34.3. The van der Waals surface area contributed by atoms with Gasteiger partial charge in [0.1, 0.15) is 5.25 Å². The van der Waals surface area contributed by atoms with Gasteiger partial charge in [0.2, 0.25) is 5.91 Å². The van der Waals surface area contributed by atoms with E-state index in [4.69, 9.17) is 11.5 Å². The molecule has 25 heavy (non-hydrogen) atoms. The van der Waals surface area contributed by atoms with Gasteiger partial charge in [0, 0.05) is 0 Å². The van der Waals surface area contributed by atoms with Gasteiger partial charge in [0.15, 0.2) is 0 Å². The Labute approximate surface area is 146 Å². The molecule has 0 spiro atoms. The average Bonchev–Trinajstić information content (AvgIpc) is 2.59. The number of fused-ring (bicyclic) bond motifs is 1. The van der Waals surface area contributed by atoms with Crippen molar-refractivity contribution in [2.45, 2.75) is 29.9 Å². The maximum atomic E-state index is 12.6. The lowest BCUT2D eigenvalue weighted by molar-refractivity contribution is -0.124. The standard InChI is InChI=1S/C18H22N2O4S/c19-11-12-8-9-18(17(20)21,16(10-12)25(22,23)24)15-7-3-5-13-4-1-2-6-14(13)15/h1-7,12,16H,8-11,19H2,(H2,20,21)(H,22,23,24). The largest absolute Gasteiger partial charge is 0.369 e. The fourth-order valence-electron chi connectivity index (χ4n) is 4.14. The lowest BCUT2D eigenvalue weighted by Crippen LogP contribution is -2.57. The Morgan fingerprint density at radius 3 is 2.52 bits per heavy atom. The summed E-state index contributed by atoms with van der Waals surface area (Å²) in [4.78, 5) is 12.6. The first-order valence-electron chi connectivity index (χ1n) is 8.25. The molecule has 0 aliphatic heterocycles. The third kappa shape index (κ3) is 2.92. The van der Waals surface area contributed by atoms with Crippen LogP contribution < -0.4 is 11.5 Å². The molecule has 2 aromatic carbocycles. The van der Waals surface area contributed by atoms with E-state index in [9.17, 15) is 17.8 Å². The Morgan fingerprint density at radius 2 is 1.88 bits per heavy atom. The number of carbonyl (C=O) groups is 1. The fourth-order valence-corrected chi connectivity index (χ4v) is 5.53. The fraction of sp³-hybridized carbons (Fsp3) is 0.389. The predicted octanol–water partition coefficient (Wildman–Crippen LogP) is 1.58. The maximum Gasteiger partial charge on any atom is 0.269 e.